The van der Waals surface area contributed by atoms with Gasteiger partial charge < -0.3 is 19.4 Å². The normalized spacial score (nSPS) is 27.4. The number of nitrogens with zero attached hydrogens (tertiary/aromatic N) is 6. The number of nitriles is 1. The minimum Gasteiger partial charge on any atom is -0.462 e. The summed E-state index contributed by atoms with van der Waals surface area (Å²) >= 11 is 1.74. The van der Waals surface area contributed by atoms with E-state index in [1.54, 1.807) is 16.7 Å². The summed E-state index contributed by atoms with van der Waals surface area (Å²) in [6.45, 7) is 8.73. The number of Topliss-reactive ketones (excluding diaryl/α,β-unsaturated/α-hetero) is 1. The molecule has 10 heteroatoms. The number of ether oxygens (including phenoxy) is 1. The van der Waals surface area contributed by atoms with E-state index < -0.39 is 4.75 Å². The highest BCUT2D eigenvalue weighted by molar-refractivity contribution is 8.00. The maximum Gasteiger partial charge on any atom is 0.319 e. The first kappa shape index (κ1) is 28.7. The van der Waals surface area contributed by atoms with Crippen LogP contribution in [0.1, 0.15) is 65.7 Å². The number of carbonyl (C=O) groups is 2. The molecule has 0 N–H and O–H groups in total. The van der Waals surface area contributed by atoms with Crippen LogP contribution in [0.4, 0.5) is 5.82 Å². The van der Waals surface area contributed by atoms with E-state index in [1.807, 2.05) is 0 Å². The van der Waals surface area contributed by atoms with Gasteiger partial charge in [0.1, 0.15) is 18.1 Å². The van der Waals surface area contributed by atoms with E-state index in [1.165, 1.54) is 17.2 Å². The minimum atomic E-state index is -0.589. The van der Waals surface area contributed by atoms with Crippen LogP contribution in [0.5, 0.6) is 6.01 Å². The number of anilines is 1. The Morgan fingerprint density at radius 2 is 2.10 bits per heavy atom. The van der Waals surface area contributed by atoms with Crippen molar-refractivity contribution in [1.82, 2.24) is 19.8 Å². The first-order valence-corrected chi connectivity index (χ1v) is 15.9. The monoisotopic (exact) mass is 586 g/mol. The van der Waals surface area contributed by atoms with Gasteiger partial charge in [0.05, 0.1) is 23.3 Å². The highest BCUT2D eigenvalue weighted by atomic mass is 32.2. The maximum atomic E-state index is 14.6. The number of carbonyl (C=O) groups excluding carboxylic acids is 2. The van der Waals surface area contributed by atoms with Crippen LogP contribution >= 0.6 is 11.8 Å². The van der Waals surface area contributed by atoms with Crippen LogP contribution in [0.3, 0.4) is 0 Å². The fraction of sp³-hybridized carbons (Fsp3) is 0.531. The standard InChI is InChI=1S/C32H38N6O3S/c1-4-27(39)38-17-16-37(18-23(38)12-14-33)30-26-11-13-32(21(2)25-10-6-5-8-22(25)20-42-32)29(40)28(26)34-31(35-30)41-19-24-9-7-15-36(24)3/h4-6,8,10,21,23-24H,1,7,9,11-13,15-20H2,2-3H3/t21?,23?,24?,32-/m0/s1. The molecule has 0 saturated carbocycles. The summed E-state index contributed by atoms with van der Waals surface area (Å²) in [6.07, 6.45) is 5.08. The van der Waals surface area contributed by atoms with Gasteiger partial charge >= 0.3 is 6.01 Å². The molecule has 1 aromatic carbocycles. The number of amides is 1. The molecule has 2 fully saturated rings. The Bertz CT molecular complexity index is 1440. The van der Waals surface area contributed by atoms with Crippen molar-refractivity contribution in [3.63, 3.8) is 0 Å². The zero-order valence-corrected chi connectivity index (χ0v) is 25.2. The van der Waals surface area contributed by atoms with E-state index in [4.69, 9.17) is 14.7 Å². The molecular formula is C32H38N6O3S. The lowest BCUT2D eigenvalue weighted by atomic mass is 9.73. The molecule has 4 heterocycles. The second kappa shape index (κ2) is 11.7. The number of hydrogen-bond donors (Lipinski definition) is 0. The zero-order valence-electron chi connectivity index (χ0n) is 24.4. The fourth-order valence-electron chi connectivity index (χ4n) is 7.14. The van der Waals surface area contributed by atoms with E-state index in [9.17, 15) is 14.9 Å². The average molecular weight is 587 g/mol. The molecule has 1 spiro atoms. The van der Waals surface area contributed by atoms with E-state index in [0.29, 0.717) is 50.6 Å². The predicted octanol–water partition coefficient (Wildman–Crippen LogP) is 3.98. The van der Waals surface area contributed by atoms with Crippen molar-refractivity contribution < 1.29 is 14.3 Å². The number of likely N-dealkylation sites (N-methyl/N-ethyl adjacent to an activating group) is 1. The van der Waals surface area contributed by atoms with Crippen LogP contribution in [0.15, 0.2) is 36.9 Å². The number of fused-ring (bicyclic) bond motifs is 2. The lowest BCUT2D eigenvalue weighted by Gasteiger charge is -2.45. The third kappa shape index (κ3) is 4.96. The van der Waals surface area contributed by atoms with Crippen molar-refractivity contribution in [3.05, 3.63) is 59.3 Å². The Labute approximate surface area is 251 Å². The lowest BCUT2D eigenvalue weighted by molar-refractivity contribution is -0.128. The van der Waals surface area contributed by atoms with Crippen LogP contribution < -0.4 is 9.64 Å². The number of piperazine rings is 1. The molecule has 2 aromatic rings. The van der Waals surface area contributed by atoms with E-state index in [2.05, 4.69) is 60.7 Å². The van der Waals surface area contributed by atoms with Gasteiger partial charge in [-0.1, -0.05) is 37.8 Å². The van der Waals surface area contributed by atoms with Gasteiger partial charge in [0.2, 0.25) is 5.91 Å². The third-order valence-corrected chi connectivity index (χ3v) is 11.4. The number of ketones is 1. The summed E-state index contributed by atoms with van der Waals surface area (Å²) in [4.78, 5) is 42.9. The molecule has 1 amide bonds. The quantitative estimate of drug-likeness (QED) is 0.465. The molecule has 1 aromatic heterocycles. The Balaban J connectivity index is 1.37. The molecule has 0 radical (unpaired) electrons. The molecule has 4 atom stereocenters. The van der Waals surface area contributed by atoms with E-state index in [-0.39, 0.29) is 42.1 Å². The zero-order chi connectivity index (χ0) is 29.4. The molecule has 1 aliphatic carbocycles. The van der Waals surface area contributed by atoms with Crippen molar-refractivity contribution in [2.75, 3.05) is 44.7 Å². The fourth-order valence-corrected chi connectivity index (χ4v) is 8.67. The van der Waals surface area contributed by atoms with Gasteiger partial charge in [-0.05, 0) is 56.5 Å². The number of aromatic nitrogens is 2. The van der Waals surface area contributed by atoms with Gasteiger partial charge in [0.25, 0.3) is 0 Å². The Hall–Kier alpha value is -3.42. The SMILES string of the molecule is C=CC(=O)N1CCN(c2nc(OCC3CCCN3C)nc3c2CC[C@@]2(SCc4ccccc4C2C)C3=O)CC1CC#N. The number of rotatable bonds is 6. The minimum absolute atomic E-state index is 0.0521. The molecule has 3 unspecified atom stereocenters. The van der Waals surface area contributed by atoms with Crippen LogP contribution in [0, 0.1) is 11.3 Å². The predicted molar refractivity (Wildman–Crippen MR) is 163 cm³/mol. The summed E-state index contributed by atoms with van der Waals surface area (Å²) in [6, 6.07) is 10.9. The van der Waals surface area contributed by atoms with Crippen LogP contribution in [0.2, 0.25) is 0 Å². The highest BCUT2D eigenvalue weighted by Crippen LogP contribution is 2.54. The summed E-state index contributed by atoms with van der Waals surface area (Å²) in [5.41, 5.74) is 3.84. The topological polar surface area (TPSA) is 103 Å². The summed E-state index contributed by atoms with van der Waals surface area (Å²) in [7, 11) is 2.10. The van der Waals surface area contributed by atoms with Gasteiger partial charge in [0, 0.05) is 42.9 Å². The van der Waals surface area contributed by atoms with Crippen molar-refractivity contribution in [3.8, 4) is 12.1 Å². The molecule has 9 nitrogen and oxygen atoms in total. The highest BCUT2D eigenvalue weighted by Gasteiger charge is 2.52. The van der Waals surface area contributed by atoms with Crippen molar-refractivity contribution in [1.29, 1.82) is 5.26 Å². The smallest absolute Gasteiger partial charge is 0.319 e. The van der Waals surface area contributed by atoms with E-state index in [0.717, 1.165) is 30.7 Å². The molecular weight excluding hydrogens is 548 g/mol. The Morgan fingerprint density at radius 1 is 1.26 bits per heavy atom. The van der Waals surface area contributed by atoms with Crippen LogP contribution in [-0.2, 0) is 17.0 Å². The Kier molecular flexibility index (Phi) is 7.99. The van der Waals surface area contributed by atoms with Crippen molar-refractivity contribution in [2.24, 2.45) is 0 Å². The average Bonchev–Trinajstić information content (AvgIpc) is 3.43. The third-order valence-electron chi connectivity index (χ3n) is 9.66. The molecule has 6 rings (SSSR count). The number of likely N-dealkylation sites (tertiary alicyclic amines) is 1. The largest absolute Gasteiger partial charge is 0.462 e. The Morgan fingerprint density at radius 3 is 2.86 bits per heavy atom. The second-order valence-corrected chi connectivity index (χ2v) is 13.2. The first-order valence-electron chi connectivity index (χ1n) is 14.9. The molecule has 42 heavy (non-hydrogen) atoms. The lowest BCUT2D eigenvalue weighted by Crippen LogP contribution is -2.55. The number of hydrogen-bond acceptors (Lipinski definition) is 9. The maximum absolute atomic E-state index is 14.6. The van der Waals surface area contributed by atoms with Crippen LogP contribution in [0.25, 0.3) is 0 Å². The number of thioether (sulfide) groups is 1. The summed E-state index contributed by atoms with van der Waals surface area (Å²) in [5.74, 6) is 1.42. The van der Waals surface area contributed by atoms with Gasteiger partial charge in [-0.15, -0.1) is 11.8 Å². The molecule has 4 aliphatic rings. The van der Waals surface area contributed by atoms with Gasteiger partial charge in [-0.25, -0.2) is 0 Å². The number of benzene rings is 1. The molecule has 3 aliphatic heterocycles. The van der Waals surface area contributed by atoms with E-state index >= 15 is 0 Å². The first-order chi connectivity index (χ1) is 20.4. The summed E-state index contributed by atoms with van der Waals surface area (Å²) < 4.78 is 5.65. The van der Waals surface area contributed by atoms with Gasteiger partial charge in [-0.2, -0.15) is 15.2 Å². The molecule has 2 saturated heterocycles. The van der Waals surface area contributed by atoms with Crippen molar-refractivity contribution in [2.45, 2.75) is 67.5 Å². The second-order valence-electron chi connectivity index (χ2n) is 11.9. The van der Waals surface area contributed by atoms with Crippen molar-refractivity contribution >= 4 is 29.3 Å². The summed E-state index contributed by atoms with van der Waals surface area (Å²) in [5, 5.41) is 9.52. The van der Waals surface area contributed by atoms with Gasteiger partial charge in [0.15, 0.2) is 5.78 Å². The van der Waals surface area contributed by atoms with Gasteiger partial charge in [-0.3, -0.25) is 9.59 Å². The molecule has 220 valence electrons. The van der Waals surface area contributed by atoms with Crippen LogP contribution in [-0.4, -0.2) is 88.1 Å². The molecule has 0 bridgehead atoms.